The first-order valence-electron chi connectivity index (χ1n) is 5.32. The SMILES string of the molecule is N#Cc1ccc(C(F)(F)F)nc1Oc1cccc(Cl)c1. The van der Waals surface area contributed by atoms with E-state index in [4.69, 9.17) is 21.6 Å². The molecule has 102 valence electrons. The number of alkyl halides is 3. The molecule has 0 bridgehead atoms. The minimum absolute atomic E-state index is 0.0991. The standard InChI is InChI=1S/C13H6ClF3N2O/c14-9-2-1-3-10(6-9)20-12-8(7-18)4-5-11(19-12)13(15,16)17/h1-6H. The van der Waals surface area contributed by atoms with E-state index in [0.29, 0.717) is 5.02 Å². The Kier molecular flexibility index (Phi) is 3.81. The zero-order valence-electron chi connectivity index (χ0n) is 9.78. The maximum Gasteiger partial charge on any atom is 0.433 e. The molecule has 2 aromatic rings. The van der Waals surface area contributed by atoms with Gasteiger partial charge in [0, 0.05) is 5.02 Å². The molecule has 0 aliphatic heterocycles. The maximum atomic E-state index is 12.6. The summed E-state index contributed by atoms with van der Waals surface area (Å²) in [4.78, 5) is 3.33. The van der Waals surface area contributed by atoms with E-state index in [1.165, 1.54) is 12.1 Å². The Morgan fingerprint density at radius 1 is 1.20 bits per heavy atom. The molecule has 20 heavy (non-hydrogen) atoms. The molecule has 2 rings (SSSR count). The van der Waals surface area contributed by atoms with Crippen LogP contribution in [0.15, 0.2) is 36.4 Å². The number of nitriles is 1. The number of pyridine rings is 1. The number of hydrogen-bond acceptors (Lipinski definition) is 3. The zero-order valence-corrected chi connectivity index (χ0v) is 10.5. The molecule has 0 fully saturated rings. The van der Waals surface area contributed by atoms with E-state index < -0.39 is 17.8 Å². The summed E-state index contributed by atoms with van der Waals surface area (Å²) in [5, 5.41) is 9.22. The van der Waals surface area contributed by atoms with Crippen molar-refractivity contribution in [3.63, 3.8) is 0 Å². The number of rotatable bonds is 2. The molecule has 0 unspecified atom stereocenters. The molecule has 0 atom stereocenters. The number of ether oxygens (including phenoxy) is 1. The van der Waals surface area contributed by atoms with Crippen LogP contribution in [0.1, 0.15) is 11.3 Å². The van der Waals surface area contributed by atoms with Crippen molar-refractivity contribution in [2.45, 2.75) is 6.18 Å². The molecule has 0 aliphatic rings. The first-order chi connectivity index (χ1) is 9.40. The molecule has 0 saturated carbocycles. The highest BCUT2D eigenvalue weighted by Crippen LogP contribution is 2.32. The largest absolute Gasteiger partial charge is 0.438 e. The lowest BCUT2D eigenvalue weighted by Gasteiger charge is -2.10. The number of nitrogens with zero attached hydrogens (tertiary/aromatic N) is 2. The van der Waals surface area contributed by atoms with Crippen LogP contribution >= 0.6 is 11.6 Å². The highest BCUT2D eigenvalue weighted by Gasteiger charge is 2.33. The zero-order chi connectivity index (χ0) is 14.8. The van der Waals surface area contributed by atoms with Crippen LogP contribution in [0.5, 0.6) is 11.6 Å². The second-order valence-corrected chi connectivity index (χ2v) is 4.15. The van der Waals surface area contributed by atoms with E-state index >= 15 is 0 Å². The minimum Gasteiger partial charge on any atom is -0.438 e. The lowest BCUT2D eigenvalue weighted by molar-refractivity contribution is -0.141. The average molecular weight is 299 g/mol. The van der Waals surface area contributed by atoms with Gasteiger partial charge in [-0.2, -0.15) is 18.4 Å². The summed E-state index contributed by atoms with van der Waals surface area (Å²) < 4.78 is 43.0. The van der Waals surface area contributed by atoms with E-state index in [2.05, 4.69) is 4.98 Å². The van der Waals surface area contributed by atoms with Crippen molar-refractivity contribution in [3.8, 4) is 17.7 Å². The van der Waals surface area contributed by atoms with Gasteiger partial charge in [-0.3, -0.25) is 0 Å². The van der Waals surface area contributed by atoms with Crippen molar-refractivity contribution in [2.75, 3.05) is 0 Å². The highest BCUT2D eigenvalue weighted by molar-refractivity contribution is 6.30. The van der Waals surface area contributed by atoms with Crippen molar-refractivity contribution < 1.29 is 17.9 Å². The summed E-state index contributed by atoms with van der Waals surface area (Å²) in [5.41, 5.74) is -1.23. The van der Waals surface area contributed by atoms with Crippen LogP contribution in [0.4, 0.5) is 13.2 Å². The van der Waals surface area contributed by atoms with Gasteiger partial charge in [-0.15, -0.1) is 0 Å². The molecule has 0 aliphatic carbocycles. The van der Waals surface area contributed by atoms with Crippen LogP contribution in [0.2, 0.25) is 5.02 Å². The normalized spacial score (nSPS) is 10.9. The van der Waals surface area contributed by atoms with Crippen molar-refractivity contribution >= 4 is 11.6 Å². The lowest BCUT2D eigenvalue weighted by Crippen LogP contribution is -2.09. The van der Waals surface area contributed by atoms with Crippen LogP contribution in [0.3, 0.4) is 0 Å². The van der Waals surface area contributed by atoms with Gasteiger partial charge in [0.25, 0.3) is 0 Å². The summed E-state index contributed by atoms with van der Waals surface area (Å²) in [7, 11) is 0. The number of halogens is 4. The Hall–Kier alpha value is -2.26. The lowest BCUT2D eigenvalue weighted by atomic mass is 10.2. The second-order valence-electron chi connectivity index (χ2n) is 3.72. The molecule has 0 radical (unpaired) electrons. The van der Waals surface area contributed by atoms with E-state index in [1.54, 1.807) is 18.2 Å². The second kappa shape index (κ2) is 5.39. The molecule has 1 aromatic heterocycles. The van der Waals surface area contributed by atoms with Crippen LogP contribution in [-0.4, -0.2) is 4.98 Å². The minimum atomic E-state index is -4.61. The molecule has 7 heteroatoms. The number of benzene rings is 1. The predicted octanol–water partition coefficient (Wildman–Crippen LogP) is 4.42. The van der Waals surface area contributed by atoms with E-state index in [-0.39, 0.29) is 11.3 Å². The van der Waals surface area contributed by atoms with Crippen molar-refractivity contribution in [2.24, 2.45) is 0 Å². The number of aromatic nitrogens is 1. The van der Waals surface area contributed by atoms with Crippen molar-refractivity contribution in [1.82, 2.24) is 4.98 Å². The maximum absolute atomic E-state index is 12.6. The van der Waals surface area contributed by atoms with E-state index in [9.17, 15) is 13.2 Å². The van der Waals surface area contributed by atoms with Gasteiger partial charge in [0.2, 0.25) is 5.88 Å². The first kappa shape index (κ1) is 14.2. The van der Waals surface area contributed by atoms with Gasteiger partial charge in [-0.1, -0.05) is 17.7 Å². The fraction of sp³-hybridized carbons (Fsp3) is 0.0769. The summed E-state index contributed by atoms with van der Waals surface area (Å²) in [5.74, 6) is -0.217. The van der Waals surface area contributed by atoms with Gasteiger partial charge >= 0.3 is 6.18 Å². The third kappa shape index (κ3) is 3.19. The Balaban J connectivity index is 2.42. The monoisotopic (exact) mass is 298 g/mol. The quantitative estimate of drug-likeness (QED) is 0.824. The van der Waals surface area contributed by atoms with E-state index in [1.807, 2.05) is 0 Å². The summed E-state index contributed by atoms with van der Waals surface area (Å²) >= 11 is 5.74. The van der Waals surface area contributed by atoms with Crippen LogP contribution in [0, 0.1) is 11.3 Å². The van der Waals surface area contributed by atoms with Gasteiger partial charge in [0.15, 0.2) is 0 Å². The third-order valence-electron chi connectivity index (χ3n) is 2.28. The molecule has 3 nitrogen and oxygen atoms in total. The fourth-order valence-electron chi connectivity index (χ4n) is 1.40. The molecule has 1 aromatic carbocycles. The molecular weight excluding hydrogens is 293 g/mol. The van der Waals surface area contributed by atoms with Crippen molar-refractivity contribution in [1.29, 1.82) is 5.26 Å². The smallest absolute Gasteiger partial charge is 0.433 e. The Labute approximate surface area is 117 Å². The van der Waals surface area contributed by atoms with Gasteiger partial charge in [-0.25, -0.2) is 4.98 Å². The molecule has 0 N–H and O–H groups in total. The summed E-state index contributed by atoms with van der Waals surface area (Å²) in [6.07, 6.45) is -4.61. The summed E-state index contributed by atoms with van der Waals surface area (Å²) in [6.45, 7) is 0. The Morgan fingerprint density at radius 2 is 1.95 bits per heavy atom. The van der Waals surface area contributed by atoms with Gasteiger partial charge in [0.05, 0.1) is 0 Å². The average Bonchev–Trinajstić information content (AvgIpc) is 2.37. The molecule has 0 saturated heterocycles. The van der Waals surface area contributed by atoms with Gasteiger partial charge in [0.1, 0.15) is 23.1 Å². The third-order valence-corrected chi connectivity index (χ3v) is 2.52. The van der Waals surface area contributed by atoms with Crippen molar-refractivity contribution in [3.05, 3.63) is 52.7 Å². The fourth-order valence-corrected chi connectivity index (χ4v) is 1.58. The first-order valence-corrected chi connectivity index (χ1v) is 5.70. The van der Waals surface area contributed by atoms with Crippen LogP contribution < -0.4 is 4.74 Å². The van der Waals surface area contributed by atoms with Crippen LogP contribution in [-0.2, 0) is 6.18 Å². The number of hydrogen-bond donors (Lipinski definition) is 0. The van der Waals surface area contributed by atoms with Crippen LogP contribution in [0.25, 0.3) is 0 Å². The molecule has 0 spiro atoms. The topological polar surface area (TPSA) is 45.9 Å². The summed E-state index contributed by atoms with van der Waals surface area (Å²) in [6, 6.07) is 9.51. The highest BCUT2D eigenvalue weighted by atomic mass is 35.5. The van der Waals surface area contributed by atoms with Gasteiger partial charge < -0.3 is 4.74 Å². The van der Waals surface area contributed by atoms with E-state index in [0.717, 1.165) is 12.1 Å². The van der Waals surface area contributed by atoms with Gasteiger partial charge in [-0.05, 0) is 30.3 Å². The Morgan fingerprint density at radius 3 is 2.55 bits per heavy atom. The molecular formula is C13H6ClF3N2O. The molecule has 0 amide bonds. The Bertz CT molecular complexity index is 680. The predicted molar refractivity (Wildman–Crippen MR) is 65.5 cm³/mol. The molecule has 1 heterocycles.